The van der Waals surface area contributed by atoms with Crippen molar-refractivity contribution in [3.05, 3.63) is 0 Å². The maximum absolute atomic E-state index is 12.8. The van der Waals surface area contributed by atoms with Gasteiger partial charge in [0.05, 0.1) is 0 Å². The van der Waals surface area contributed by atoms with Crippen molar-refractivity contribution in [2.75, 3.05) is 13.2 Å². The van der Waals surface area contributed by atoms with Crippen molar-refractivity contribution in [2.45, 2.75) is 336 Å². The Bertz CT molecular complexity index is 964. The predicted molar refractivity (Wildman–Crippen MR) is 275 cm³/mol. The van der Waals surface area contributed by atoms with E-state index in [4.69, 9.17) is 14.2 Å². The number of hydrogen-bond acceptors (Lipinski definition) is 6. The molecule has 0 radical (unpaired) electrons. The molecule has 0 fully saturated rings. The SMILES string of the molecule is CCCCCCCCCCCCCCCCCC(=O)OC[C@H](COC(=O)CCCCCCCCCCCCCC)OC(=O)CCCCCCCCCCCCCCCCCCC(C)C. The Balaban J connectivity index is 4.27. The van der Waals surface area contributed by atoms with E-state index in [-0.39, 0.29) is 31.1 Å². The van der Waals surface area contributed by atoms with Gasteiger partial charge in [0.2, 0.25) is 0 Å². The highest BCUT2D eigenvalue weighted by Gasteiger charge is 2.19. The molecule has 0 bridgehead atoms. The quantitative estimate of drug-likeness (QED) is 0.0344. The molecule has 1 atom stereocenters. The zero-order valence-electron chi connectivity index (χ0n) is 43.8. The number of ether oxygens (including phenoxy) is 3. The summed E-state index contributed by atoms with van der Waals surface area (Å²) in [4.78, 5) is 38.1. The van der Waals surface area contributed by atoms with Gasteiger partial charge in [-0.25, -0.2) is 0 Å². The Labute approximate surface area is 399 Å². The summed E-state index contributed by atoms with van der Waals surface area (Å²) in [7, 11) is 0. The second-order valence-electron chi connectivity index (χ2n) is 20.4. The summed E-state index contributed by atoms with van der Waals surface area (Å²) in [6, 6.07) is 0. The summed E-state index contributed by atoms with van der Waals surface area (Å²) in [5.74, 6) is 0.0166. The zero-order valence-corrected chi connectivity index (χ0v) is 43.8. The third-order valence-electron chi connectivity index (χ3n) is 13.3. The van der Waals surface area contributed by atoms with E-state index >= 15 is 0 Å². The van der Waals surface area contributed by atoms with E-state index in [9.17, 15) is 14.4 Å². The van der Waals surface area contributed by atoms with E-state index < -0.39 is 6.10 Å². The van der Waals surface area contributed by atoms with Crippen molar-refractivity contribution in [1.82, 2.24) is 0 Å². The standard InChI is InChI=1S/C58H112O6/c1-5-7-9-11-13-15-17-19-22-26-30-34-38-42-46-50-57(60)63-53-55(52-62-56(59)49-45-41-37-33-29-18-16-14-12-10-8-6-2)64-58(61)51-47-43-39-35-31-27-24-21-20-23-25-28-32-36-40-44-48-54(3)4/h54-55H,5-53H2,1-4H3/t55-/m0/s1. The van der Waals surface area contributed by atoms with Crippen LogP contribution in [0.2, 0.25) is 0 Å². The van der Waals surface area contributed by atoms with Crippen molar-refractivity contribution in [2.24, 2.45) is 5.92 Å². The maximum atomic E-state index is 12.8. The summed E-state index contributed by atoms with van der Waals surface area (Å²) >= 11 is 0. The number of carbonyl (C=O) groups is 3. The van der Waals surface area contributed by atoms with E-state index in [1.807, 2.05) is 0 Å². The number of esters is 3. The fraction of sp³-hybridized carbons (Fsp3) is 0.948. The van der Waals surface area contributed by atoms with Gasteiger partial charge < -0.3 is 14.2 Å². The summed E-state index contributed by atoms with van der Waals surface area (Å²) in [6.07, 6.45) is 56.6. The predicted octanol–water partition coefficient (Wildman–Crippen LogP) is 19.0. The molecule has 0 aromatic heterocycles. The third-order valence-corrected chi connectivity index (χ3v) is 13.3. The first-order chi connectivity index (χ1) is 31.4. The molecule has 0 amide bonds. The minimum atomic E-state index is -0.761. The van der Waals surface area contributed by atoms with Crippen LogP contribution in [0.3, 0.4) is 0 Å². The first-order valence-corrected chi connectivity index (χ1v) is 28.9. The normalized spacial score (nSPS) is 12.0. The lowest BCUT2D eigenvalue weighted by atomic mass is 10.0. The van der Waals surface area contributed by atoms with Crippen LogP contribution in [0.15, 0.2) is 0 Å². The van der Waals surface area contributed by atoms with Crippen molar-refractivity contribution in [3.8, 4) is 0 Å². The minimum absolute atomic E-state index is 0.0617. The second-order valence-corrected chi connectivity index (χ2v) is 20.4. The highest BCUT2D eigenvalue weighted by molar-refractivity contribution is 5.71. The van der Waals surface area contributed by atoms with Gasteiger partial charge in [-0.1, -0.05) is 291 Å². The van der Waals surface area contributed by atoms with E-state index in [1.165, 1.54) is 225 Å². The minimum Gasteiger partial charge on any atom is -0.462 e. The molecule has 0 unspecified atom stereocenters. The molecule has 6 nitrogen and oxygen atoms in total. The van der Waals surface area contributed by atoms with E-state index in [2.05, 4.69) is 27.7 Å². The molecule has 380 valence electrons. The summed E-state index contributed by atoms with van der Waals surface area (Å²) in [6.45, 7) is 9.07. The van der Waals surface area contributed by atoms with Crippen LogP contribution in [-0.4, -0.2) is 37.2 Å². The topological polar surface area (TPSA) is 78.9 Å². The molecule has 0 aromatic carbocycles. The Morgan fingerprint density at radius 3 is 0.766 bits per heavy atom. The monoisotopic (exact) mass is 905 g/mol. The van der Waals surface area contributed by atoms with Crippen LogP contribution in [0.25, 0.3) is 0 Å². The van der Waals surface area contributed by atoms with Crippen molar-refractivity contribution in [3.63, 3.8) is 0 Å². The summed E-state index contributed by atoms with van der Waals surface area (Å²) in [5, 5.41) is 0. The molecule has 0 heterocycles. The highest BCUT2D eigenvalue weighted by Crippen LogP contribution is 2.18. The van der Waals surface area contributed by atoms with Gasteiger partial charge in [-0.05, 0) is 25.2 Å². The van der Waals surface area contributed by atoms with Crippen LogP contribution >= 0.6 is 0 Å². The smallest absolute Gasteiger partial charge is 0.306 e. The van der Waals surface area contributed by atoms with Crippen LogP contribution in [0, 0.1) is 5.92 Å². The molecule has 0 aromatic rings. The highest BCUT2D eigenvalue weighted by atomic mass is 16.6. The van der Waals surface area contributed by atoms with Crippen LogP contribution < -0.4 is 0 Å². The van der Waals surface area contributed by atoms with Crippen LogP contribution in [0.5, 0.6) is 0 Å². The molecule has 0 saturated heterocycles. The van der Waals surface area contributed by atoms with Gasteiger partial charge in [-0.3, -0.25) is 14.4 Å². The number of carbonyl (C=O) groups excluding carboxylic acids is 3. The third kappa shape index (κ3) is 51.4. The molecule has 0 rings (SSSR count). The van der Waals surface area contributed by atoms with Crippen molar-refractivity contribution in [1.29, 1.82) is 0 Å². The van der Waals surface area contributed by atoms with Gasteiger partial charge in [0, 0.05) is 19.3 Å². The lowest BCUT2D eigenvalue weighted by Gasteiger charge is -2.18. The number of hydrogen-bond donors (Lipinski definition) is 0. The van der Waals surface area contributed by atoms with Gasteiger partial charge in [-0.15, -0.1) is 0 Å². The van der Waals surface area contributed by atoms with E-state index in [1.54, 1.807) is 0 Å². The molecule has 0 aliphatic carbocycles. The van der Waals surface area contributed by atoms with Crippen molar-refractivity contribution < 1.29 is 28.6 Å². The first-order valence-electron chi connectivity index (χ1n) is 28.9. The van der Waals surface area contributed by atoms with Gasteiger partial charge in [0.15, 0.2) is 6.10 Å². The molecule has 0 spiro atoms. The van der Waals surface area contributed by atoms with Gasteiger partial charge >= 0.3 is 17.9 Å². The second kappa shape index (κ2) is 52.4. The van der Waals surface area contributed by atoms with Crippen LogP contribution in [0.1, 0.15) is 329 Å². The molecule has 0 N–H and O–H groups in total. The van der Waals surface area contributed by atoms with E-state index in [0.29, 0.717) is 19.3 Å². The molecular formula is C58H112O6. The Morgan fingerprint density at radius 1 is 0.297 bits per heavy atom. The molecular weight excluding hydrogens is 793 g/mol. The largest absolute Gasteiger partial charge is 0.462 e. The molecule has 0 aliphatic rings. The maximum Gasteiger partial charge on any atom is 0.306 e. The lowest BCUT2D eigenvalue weighted by Crippen LogP contribution is -2.30. The van der Waals surface area contributed by atoms with E-state index in [0.717, 1.165) is 63.7 Å². The summed E-state index contributed by atoms with van der Waals surface area (Å²) < 4.78 is 16.9. The lowest BCUT2D eigenvalue weighted by molar-refractivity contribution is -0.167. The average Bonchev–Trinajstić information content (AvgIpc) is 3.28. The fourth-order valence-electron chi connectivity index (χ4n) is 8.92. The van der Waals surface area contributed by atoms with Gasteiger partial charge in [-0.2, -0.15) is 0 Å². The Kier molecular flexibility index (Phi) is 51.1. The van der Waals surface area contributed by atoms with Crippen LogP contribution in [0.4, 0.5) is 0 Å². The van der Waals surface area contributed by atoms with Crippen molar-refractivity contribution >= 4 is 17.9 Å². The molecule has 0 aliphatic heterocycles. The fourth-order valence-corrected chi connectivity index (χ4v) is 8.92. The molecule has 0 saturated carbocycles. The Hall–Kier alpha value is -1.59. The molecule has 6 heteroatoms. The summed E-state index contributed by atoms with van der Waals surface area (Å²) in [5.41, 5.74) is 0. The number of rotatable bonds is 53. The average molecular weight is 906 g/mol. The van der Waals surface area contributed by atoms with Crippen LogP contribution in [-0.2, 0) is 28.6 Å². The Morgan fingerprint density at radius 2 is 0.516 bits per heavy atom. The van der Waals surface area contributed by atoms with Gasteiger partial charge in [0.25, 0.3) is 0 Å². The zero-order chi connectivity index (χ0) is 46.7. The molecule has 64 heavy (non-hydrogen) atoms. The number of unbranched alkanes of at least 4 members (excludes halogenated alkanes) is 40. The first kappa shape index (κ1) is 62.4. The van der Waals surface area contributed by atoms with Gasteiger partial charge in [0.1, 0.15) is 13.2 Å².